The first-order chi connectivity index (χ1) is 12.7. The average molecular weight is 356 g/mol. The van der Waals surface area contributed by atoms with Gasteiger partial charge >= 0.3 is 0 Å². The van der Waals surface area contributed by atoms with Gasteiger partial charge in [0.2, 0.25) is 6.41 Å². The molecule has 0 aliphatic carbocycles. The van der Waals surface area contributed by atoms with Crippen LogP contribution < -0.4 is 5.32 Å². The van der Waals surface area contributed by atoms with Gasteiger partial charge in [0.25, 0.3) is 5.91 Å². The first kappa shape index (κ1) is 17.8. The number of rotatable bonds is 6. The first-order valence-corrected chi connectivity index (χ1v) is 8.58. The smallest absolute Gasteiger partial charge is 0.255 e. The molecular formula is C19H21FN4O2. The van der Waals surface area contributed by atoms with Crippen LogP contribution in [0.2, 0.25) is 0 Å². The Kier molecular flexibility index (Phi) is 5.78. The molecule has 1 saturated heterocycles. The Morgan fingerprint density at radius 1 is 1.15 bits per heavy atom. The van der Waals surface area contributed by atoms with E-state index in [0.29, 0.717) is 38.3 Å². The molecule has 3 rings (SSSR count). The van der Waals surface area contributed by atoms with Gasteiger partial charge in [-0.3, -0.25) is 14.6 Å². The lowest BCUT2D eigenvalue weighted by molar-refractivity contribution is -0.119. The number of aromatic nitrogens is 1. The lowest BCUT2D eigenvalue weighted by Crippen LogP contribution is -2.48. The number of anilines is 1. The number of benzene rings is 1. The van der Waals surface area contributed by atoms with Crippen molar-refractivity contribution in [3.05, 3.63) is 59.7 Å². The fourth-order valence-electron chi connectivity index (χ4n) is 2.87. The Hall–Kier alpha value is -2.96. The molecule has 26 heavy (non-hydrogen) atoms. The number of carbonyl (C=O) groups is 2. The van der Waals surface area contributed by atoms with Gasteiger partial charge in [-0.05, 0) is 30.2 Å². The third kappa shape index (κ3) is 4.56. The molecule has 1 N–H and O–H groups in total. The largest absolute Gasteiger partial charge is 0.383 e. The molecule has 0 atom stereocenters. The predicted molar refractivity (Wildman–Crippen MR) is 96.4 cm³/mol. The SMILES string of the molecule is O=CN1CCN(C(=O)c2cncc(NCCc3ccc(F)cc3)c2)CC1. The summed E-state index contributed by atoms with van der Waals surface area (Å²) in [7, 11) is 0. The van der Waals surface area contributed by atoms with Crippen LogP contribution in [0.25, 0.3) is 0 Å². The summed E-state index contributed by atoms with van der Waals surface area (Å²) in [5.74, 6) is -0.323. The molecule has 1 aromatic heterocycles. The maximum atomic E-state index is 12.9. The lowest BCUT2D eigenvalue weighted by Gasteiger charge is -2.32. The number of pyridine rings is 1. The molecule has 1 aliphatic rings. The van der Waals surface area contributed by atoms with E-state index in [4.69, 9.17) is 0 Å². The highest BCUT2D eigenvalue weighted by atomic mass is 19.1. The minimum atomic E-state index is -0.244. The molecule has 0 unspecified atom stereocenters. The van der Waals surface area contributed by atoms with Crippen molar-refractivity contribution >= 4 is 18.0 Å². The second-order valence-electron chi connectivity index (χ2n) is 6.20. The fourth-order valence-corrected chi connectivity index (χ4v) is 2.87. The minimum absolute atomic E-state index is 0.0785. The molecule has 7 heteroatoms. The normalized spacial score (nSPS) is 14.2. The third-order valence-electron chi connectivity index (χ3n) is 4.39. The number of carbonyl (C=O) groups excluding carboxylic acids is 2. The maximum Gasteiger partial charge on any atom is 0.255 e. The third-order valence-corrected chi connectivity index (χ3v) is 4.39. The van der Waals surface area contributed by atoms with Crippen LogP contribution >= 0.6 is 0 Å². The van der Waals surface area contributed by atoms with Crippen LogP contribution in [0.5, 0.6) is 0 Å². The molecule has 1 fully saturated rings. The zero-order valence-electron chi connectivity index (χ0n) is 14.4. The molecule has 0 bridgehead atoms. The van der Waals surface area contributed by atoms with Crippen LogP contribution in [0.15, 0.2) is 42.7 Å². The number of hydrogen-bond donors (Lipinski definition) is 1. The summed E-state index contributed by atoms with van der Waals surface area (Å²) in [5, 5.41) is 3.24. The quantitative estimate of drug-likeness (QED) is 0.802. The highest BCUT2D eigenvalue weighted by molar-refractivity contribution is 5.94. The summed E-state index contributed by atoms with van der Waals surface area (Å²) in [6.07, 6.45) is 4.78. The molecule has 0 spiro atoms. The minimum Gasteiger partial charge on any atom is -0.383 e. The Morgan fingerprint density at radius 2 is 1.88 bits per heavy atom. The number of nitrogens with zero attached hydrogens (tertiary/aromatic N) is 3. The van der Waals surface area contributed by atoms with E-state index in [-0.39, 0.29) is 11.7 Å². The Bertz CT molecular complexity index is 758. The van der Waals surface area contributed by atoms with E-state index < -0.39 is 0 Å². The maximum absolute atomic E-state index is 12.9. The van der Waals surface area contributed by atoms with Crippen LogP contribution in [-0.2, 0) is 11.2 Å². The number of amides is 2. The van der Waals surface area contributed by atoms with Gasteiger partial charge in [-0.25, -0.2) is 4.39 Å². The molecule has 2 heterocycles. The second kappa shape index (κ2) is 8.42. The molecular weight excluding hydrogens is 335 g/mol. The van der Waals surface area contributed by atoms with E-state index in [2.05, 4.69) is 10.3 Å². The van der Waals surface area contributed by atoms with Gasteiger partial charge in [-0.2, -0.15) is 0 Å². The monoisotopic (exact) mass is 356 g/mol. The topological polar surface area (TPSA) is 65.5 Å². The fraction of sp³-hybridized carbons (Fsp3) is 0.316. The summed E-state index contributed by atoms with van der Waals surface area (Å²) < 4.78 is 12.9. The average Bonchev–Trinajstić information content (AvgIpc) is 2.69. The van der Waals surface area contributed by atoms with Crippen LogP contribution in [0, 0.1) is 5.82 Å². The molecule has 0 radical (unpaired) electrons. The highest BCUT2D eigenvalue weighted by Gasteiger charge is 2.21. The van der Waals surface area contributed by atoms with E-state index in [9.17, 15) is 14.0 Å². The van der Waals surface area contributed by atoms with Crippen molar-refractivity contribution in [1.82, 2.24) is 14.8 Å². The molecule has 6 nitrogen and oxygen atoms in total. The second-order valence-corrected chi connectivity index (χ2v) is 6.20. The summed E-state index contributed by atoms with van der Waals surface area (Å²) in [5.41, 5.74) is 2.33. The molecule has 2 aromatic rings. The molecule has 1 aliphatic heterocycles. The van der Waals surface area contributed by atoms with E-state index in [1.165, 1.54) is 12.1 Å². The summed E-state index contributed by atoms with van der Waals surface area (Å²) >= 11 is 0. The van der Waals surface area contributed by atoms with E-state index >= 15 is 0 Å². The van der Waals surface area contributed by atoms with Gasteiger partial charge in [0.15, 0.2) is 0 Å². The number of halogens is 1. The Balaban J connectivity index is 1.55. The zero-order valence-corrected chi connectivity index (χ0v) is 14.4. The van der Waals surface area contributed by atoms with Gasteiger partial charge in [0.05, 0.1) is 11.3 Å². The van der Waals surface area contributed by atoms with Gasteiger partial charge in [-0.15, -0.1) is 0 Å². The molecule has 1 aromatic carbocycles. The number of hydrogen-bond acceptors (Lipinski definition) is 4. The van der Waals surface area contributed by atoms with Crippen molar-refractivity contribution in [3.8, 4) is 0 Å². The highest BCUT2D eigenvalue weighted by Crippen LogP contribution is 2.13. The van der Waals surface area contributed by atoms with Gasteiger partial charge in [0, 0.05) is 45.1 Å². The van der Waals surface area contributed by atoms with E-state index in [0.717, 1.165) is 24.1 Å². The van der Waals surface area contributed by atoms with Crippen molar-refractivity contribution in [2.24, 2.45) is 0 Å². The van der Waals surface area contributed by atoms with Crippen molar-refractivity contribution in [1.29, 1.82) is 0 Å². The Labute approximate surface area is 151 Å². The van der Waals surface area contributed by atoms with Crippen LogP contribution in [0.4, 0.5) is 10.1 Å². The van der Waals surface area contributed by atoms with Gasteiger partial charge in [-0.1, -0.05) is 12.1 Å². The van der Waals surface area contributed by atoms with Crippen molar-refractivity contribution in [3.63, 3.8) is 0 Å². The zero-order chi connectivity index (χ0) is 18.4. The summed E-state index contributed by atoms with van der Waals surface area (Å²) in [6.45, 7) is 2.82. The molecule has 2 amide bonds. The van der Waals surface area contributed by atoms with Crippen LogP contribution in [0.3, 0.4) is 0 Å². The van der Waals surface area contributed by atoms with Gasteiger partial charge < -0.3 is 15.1 Å². The predicted octanol–water partition coefficient (Wildman–Crippen LogP) is 1.79. The van der Waals surface area contributed by atoms with E-state index in [1.54, 1.807) is 40.4 Å². The first-order valence-electron chi connectivity index (χ1n) is 8.58. The van der Waals surface area contributed by atoms with Gasteiger partial charge in [0.1, 0.15) is 5.82 Å². The molecule has 136 valence electrons. The standard InChI is InChI=1S/C19H21FN4O2/c20-17-3-1-15(2-4-17)5-6-22-18-11-16(12-21-13-18)19(26)24-9-7-23(14-25)8-10-24/h1-4,11-14,22H,5-10H2. The van der Waals surface area contributed by atoms with Crippen molar-refractivity contribution < 1.29 is 14.0 Å². The lowest BCUT2D eigenvalue weighted by atomic mass is 10.1. The summed E-state index contributed by atoms with van der Waals surface area (Å²) in [6, 6.07) is 8.19. The van der Waals surface area contributed by atoms with Crippen LogP contribution in [-0.4, -0.2) is 59.8 Å². The summed E-state index contributed by atoms with van der Waals surface area (Å²) in [4.78, 5) is 30.9. The number of piperazine rings is 1. The van der Waals surface area contributed by atoms with Crippen molar-refractivity contribution in [2.45, 2.75) is 6.42 Å². The van der Waals surface area contributed by atoms with Crippen molar-refractivity contribution in [2.75, 3.05) is 38.0 Å². The number of nitrogens with one attached hydrogen (secondary N) is 1. The van der Waals surface area contributed by atoms with Crippen LogP contribution in [0.1, 0.15) is 15.9 Å². The molecule has 0 saturated carbocycles. The Morgan fingerprint density at radius 3 is 2.58 bits per heavy atom. The van der Waals surface area contributed by atoms with E-state index in [1.807, 2.05) is 0 Å².